The van der Waals surface area contributed by atoms with Crippen LogP contribution >= 0.6 is 0 Å². The molecule has 0 aliphatic carbocycles. The van der Waals surface area contributed by atoms with Gasteiger partial charge in [0.1, 0.15) is 11.6 Å². The van der Waals surface area contributed by atoms with E-state index >= 15 is 0 Å². The number of hydrogen-bond donors (Lipinski definition) is 1. The van der Waals surface area contributed by atoms with Gasteiger partial charge in [0.15, 0.2) is 5.78 Å². The van der Waals surface area contributed by atoms with Crippen LogP contribution in [0.3, 0.4) is 0 Å². The quantitative estimate of drug-likeness (QED) is 0.641. The Balaban J connectivity index is 1.53. The Kier molecular flexibility index (Phi) is 5.71. The summed E-state index contributed by atoms with van der Waals surface area (Å²) >= 11 is 0. The van der Waals surface area contributed by atoms with E-state index in [0.717, 1.165) is 5.69 Å². The number of ketones is 1. The van der Waals surface area contributed by atoms with E-state index in [1.165, 1.54) is 12.2 Å². The largest absolute Gasteiger partial charge is 0.497 e. The summed E-state index contributed by atoms with van der Waals surface area (Å²) in [7, 11) is 1.57. The summed E-state index contributed by atoms with van der Waals surface area (Å²) in [6.07, 6.45) is 4.40. The first kappa shape index (κ1) is 18.4. The molecule has 0 saturated carbocycles. The summed E-state index contributed by atoms with van der Waals surface area (Å²) in [6, 6.07) is 10.5. The normalized spacial score (nSPS) is 14.4. The van der Waals surface area contributed by atoms with Gasteiger partial charge in [-0.15, -0.1) is 0 Å². The number of carbonyl (C=O) groups is 2. The molecule has 140 valence electrons. The number of piperazine rings is 1. The van der Waals surface area contributed by atoms with Crippen molar-refractivity contribution in [1.82, 2.24) is 9.88 Å². The van der Waals surface area contributed by atoms with Gasteiger partial charge in [0.25, 0.3) is 0 Å². The highest BCUT2D eigenvalue weighted by Crippen LogP contribution is 2.16. The first-order chi connectivity index (χ1) is 13.1. The van der Waals surface area contributed by atoms with Gasteiger partial charge < -0.3 is 20.3 Å². The molecule has 0 bridgehead atoms. The second-order valence-electron chi connectivity index (χ2n) is 6.18. The van der Waals surface area contributed by atoms with Crippen LogP contribution in [0.4, 0.5) is 11.5 Å². The van der Waals surface area contributed by atoms with Gasteiger partial charge in [0.2, 0.25) is 5.91 Å². The molecule has 1 aromatic carbocycles. The Bertz CT molecular complexity index is 823. The number of allylic oxidation sites excluding steroid dienone is 1. The maximum Gasteiger partial charge on any atom is 0.246 e. The van der Waals surface area contributed by atoms with Crippen LogP contribution in [0.15, 0.2) is 54.7 Å². The van der Waals surface area contributed by atoms with E-state index in [9.17, 15) is 9.59 Å². The van der Waals surface area contributed by atoms with Gasteiger partial charge in [-0.3, -0.25) is 9.59 Å². The van der Waals surface area contributed by atoms with Crippen LogP contribution in [0.2, 0.25) is 0 Å². The van der Waals surface area contributed by atoms with Crippen molar-refractivity contribution in [1.29, 1.82) is 0 Å². The smallest absolute Gasteiger partial charge is 0.246 e. The van der Waals surface area contributed by atoms with Crippen LogP contribution in [0.1, 0.15) is 10.4 Å². The highest BCUT2D eigenvalue weighted by molar-refractivity contribution is 6.07. The van der Waals surface area contributed by atoms with Crippen molar-refractivity contribution in [3.63, 3.8) is 0 Å². The van der Waals surface area contributed by atoms with Crippen molar-refractivity contribution < 1.29 is 14.3 Å². The van der Waals surface area contributed by atoms with Crippen LogP contribution in [0, 0.1) is 0 Å². The average Bonchev–Trinajstić information content (AvgIpc) is 2.72. The zero-order chi connectivity index (χ0) is 19.2. The molecule has 1 fully saturated rings. The van der Waals surface area contributed by atoms with Crippen molar-refractivity contribution in [2.75, 3.05) is 43.9 Å². The fourth-order valence-corrected chi connectivity index (χ4v) is 2.87. The molecule has 2 heterocycles. The number of benzene rings is 1. The lowest BCUT2D eigenvalue weighted by molar-refractivity contribution is -0.126. The summed E-state index contributed by atoms with van der Waals surface area (Å²) < 4.78 is 5.07. The fraction of sp³-hybridized carbons (Fsp3) is 0.250. The number of pyridine rings is 1. The molecule has 0 atom stereocenters. The molecule has 2 aromatic rings. The molecule has 7 nitrogen and oxygen atoms in total. The third-order valence-corrected chi connectivity index (χ3v) is 4.48. The summed E-state index contributed by atoms with van der Waals surface area (Å²) in [5, 5.41) is 0. The van der Waals surface area contributed by atoms with Crippen molar-refractivity contribution in [2.45, 2.75) is 0 Å². The molecule has 1 aromatic heterocycles. The Hall–Kier alpha value is -3.35. The van der Waals surface area contributed by atoms with Gasteiger partial charge >= 0.3 is 0 Å². The molecule has 0 unspecified atom stereocenters. The van der Waals surface area contributed by atoms with E-state index in [2.05, 4.69) is 9.88 Å². The molecule has 1 saturated heterocycles. The first-order valence-electron chi connectivity index (χ1n) is 8.68. The average molecular weight is 366 g/mol. The minimum atomic E-state index is -0.211. The summed E-state index contributed by atoms with van der Waals surface area (Å²) in [5.74, 6) is 0.796. The van der Waals surface area contributed by atoms with Crippen LogP contribution < -0.4 is 15.4 Å². The number of nitrogen functional groups attached to an aromatic ring is 1. The van der Waals surface area contributed by atoms with E-state index in [-0.39, 0.29) is 11.7 Å². The van der Waals surface area contributed by atoms with Gasteiger partial charge in [-0.05, 0) is 42.5 Å². The van der Waals surface area contributed by atoms with Gasteiger partial charge in [-0.2, -0.15) is 0 Å². The predicted octanol–water partition coefficient (Wildman–Crippen LogP) is 1.76. The Morgan fingerprint density at radius 2 is 1.74 bits per heavy atom. The number of rotatable bonds is 5. The van der Waals surface area contributed by atoms with E-state index < -0.39 is 0 Å². The Morgan fingerprint density at radius 1 is 1.04 bits per heavy atom. The number of ether oxygens (including phenoxy) is 1. The number of amides is 1. The van der Waals surface area contributed by atoms with Gasteiger partial charge in [0.05, 0.1) is 19.0 Å². The van der Waals surface area contributed by atoms with Crippen LogP contribution in [0.5, 0.6) is 5.75 Å². The number of nitrogens with two attached hydrogens (primary N) is 1. The van der Waals surface area contributed by atoms with Crippen LogP contribution in [-0.2, 0) is 4.79 Å². The molecule has 0 spiro atoms. The number of hydrogen-bond acceptors (Lipinski definition) is 6. The molecule has 1 aliphatic rings. The molecule has 27 heavy (non-hydrogen) atoms. The molecule has 2 N–H and O–H groups in total. The summed E-state index contributed by atoms with van der Waals surface area (Å²) in [4.78, 5) is 32.5. The van der Waals surface area contributed by atoms with Gasteiger partial charge in [-0.25, -0.2) is 4.98 Å². The third kappa shape index (κ3) is 4.63. The Labute approximate surface area is 158 Å². The zero-order valence-corrected chi connectivity index (χ0v) is 15.2. The minimum absolute atomic E-state index is 0.160. The third-order valence-electron chi connectivity index (χ3n) is 4.48. The molecule has 3 rings (SSSR count). The zero-order valence-electron chi connectivity index (χ0n) is 15.2. The summed E-state index contributed by atoms with van der Waals surface area (Å²) in [6.45, 7) is 2.59. The standard InChI is InChI=1S/C20H22N4O3/c1-27-17-5-2-15(3-6-17)18(25)7-9-20(26)24-12-10-23(11-13-24)16-4-8-19(21)22-14-16/h2-9,14H,10-13H2,1H3,(H2,21,22)/b9-7+. The minimum Gasteiger partial charge on any atom is -0.497 e. The van der Waals surface area contributed by atoms with Crippen molar-refractivity contribution in [3.05, 3.63) is 60.3 Å². The number of aromatic nitrogens is 1. The lowest BCUT2D eigenvalue weighted by Crippen LogP contribution is -2.48. The molecule has 1 amide bonds. The topological polar surface area (TPSA) is 88.8 Å². The molecular formula is C20H22N4O3. The lowest BCUT2D eigenvalue weighted by atomic mass is 10.1. The maximum atomic E-state index is 12.3. The van der Waals surface area contributed by atoms with Gasteiger partial charge in [0, 0.05) is 37.8 Å². The SMILES string of the molecule is COc1ccc(C(=O)/C=C/C(=O)N2CCN(c3ccc(N)nc3)CC2)cc1. The van der Waals surface area contributed by atoms with E-state index in [4.69, 9.17) is 10.5 Å². The highest BCUT2D eigenvalue weighted by Gasteiger charge is 2.20. The molecule has 0 radical (unpaired) electrons. The number of nitrogens with zero attached hydrogens (tertiary/aromatic N) is 3. The van der Waals surface area contributed by atoms with Crippen LogP contribution in [-0.4, -0.2) is 54.9 Å². The molecule has 1 aliphatic heterocycles. The van der Waals surface area contributed by atoms with Crippen molar-refractivity contribution in [3.8, 4) is 5.75 Å². The highest BCUT2D eigenvalue weighted by atomic mass is 16.5. The van der Waals surface area contributed by atoms with Crippen molar-refractivity contribution in [2.24, 2.45) is 0 Å². The number of carbonyl (C=O) groups excluding carboxylic acids is 2. The van der Waals surface area contributed by atoms with E-state index in [1.807, 2.05) is 6.07 Å². The summed E-state index contributed by atoms with van der Waals surface area (Å²) in [5.41, 5.74) is 7.11. The number of methoxy groups -OCH3 is 1. The van der Waals surface area contributed by atoms with E-state index in [0.29, 0.717) is 43.3 Å². The maximum absolute atomic E-state index is 12.3. The Morgan fingerprint density at radius 3 is 2.33 bits per heavy atom. The second kappa shape index (κ2) is 8.35. The van der Waals surface area contributed by atoms with E-state index in [1.54, 1.807) is 48.5 Å². The van der Waals surface area contributed by atoms with Crippen LogP contribution in [0.25, 0.3) is 0 Å². The second-order valence-corrected chi connectivity index (χ2v) is 6.18. The molecular weight excluding hydrogens is 344 g/mol. The van der Waals surface area contributed by atoms with Crippen molar-refractivity contribution >= 4 is 23.2 Å². The predicted molar refractivity (Wildman–Crippen MR) is 104 cm³/mol. The molecule has 7 heteroatoms. The lowest BCUT2D eigenvalue weighted by Gasteiger charge is -2.35. The van der Waals surface area contributed by atoms with Gasteiger partial charge in [-0.1, -0.05) is 0 Å². The first-order valence-corrected chi connectivity index (χ1v) is 8.68. The number of anilines is 2. The monoisotopic (exact) mass is 366 g/mol. The fourth-order valence-electron chi connectivity index (χ4n) is 2.87.